The molecule has 0 aliphatic carbocycles. The number of carbonyl (C=O) groups is 6. The normalized spacial score (nSPS) is 12.7. The number of aryl methyl sites for hydroxylation is 1. The largest absolute Gasteiger partial charge is 0.468 e. The Morgan fingerprint density at radius 2 is 1.28 bits per heavy atom. The number of rotatable bonds is 44. The van der Waals surface area contributed by atoms with E-state index in [-0.39, 0.29) is 105 Å². The highest BCUT2D eigenvalue weighted by Gasteiger charge is 2.30. The molecule has 7 aromatic rings. The predicted octanol–water partition coefficient (Wildman–Crippen LogP) is 4.83. The van der Waals surface area contributed by atoms with E-state index in [1.165, 1.54) is 53.7 Å². The lowest BCUT2D eigenvalue weighted by molar-refractivity contribution is -0.141. The highest BCUT2D eigenvalue weighted by atomic mass is 32.2. The quantitative estimate of drug-likeness (QED) is 0.0252. The number of nitrogens with two attached hydrogens (primary N) is 1. The first-order chi connectivity index (χ1) is 48.4. The first-order valence-corrected chi connectivity index (χ1v) is 35.2. The van der Waals surface area contributed by atoms with Gasteiger partial charge in [0.2, 0.25) is 45.5 Å². The van der Waals surface area contributed by atoms with Gasteiger partial charge >= 0.3 is 5.97 Å². The van der Waals surface area contributed by atoms with Crippen molar-refractivity contribution in [2.45, 2.75) is 64.8 Å². The number of anilines is 2. The van der Waals surface area contributed by atoms with Gasteiger partial charge in [0.05, 0.1) is 181 Å². The summed E-state index contributed by atoms with van der Waals surface area (Å²) >= 11 is 1.36. The van der Waals surface area contributed by atoms with Crippen LogP contribution in [-0.2, 0) is 83.2 Å². The molecular weight excluding hydrogens is 1350 g/mol. The van der Waals surface area contributed by atoms with Gasteiger partial charge in [0.1, 0.15) is 18.9 Å². The maximum absolute atomic E-state index is 16.0. The fourth-order valence-electron chi connectivity index (χ4n) is 10.6. The second kappa shape index (κ2) is 40.0. The van der Waals surface area contributed by atoms with Crippen LogP contribution in [0.25, 0.3) is 54.8 Å². The summed E-state index contributed by atoms with van der Waals surface area (Å²) in [6.07, 6.45) is 4.47. The number of fused-ring (bicyclic) bond motifs is 2. The van der Waals surface area contributed by atoms with Gasteiger partial charge in [-0.1, -0.05) is 25.1 Å². The van der Waals surface area contributed by atoms with Crippen LogP contribution in [0.5, 0.6) is 0 Å². The minimum Gasteiger partial charge on any atom is -0.468 e. The second-order valence-electron chi connectivity index (χ2n) is 22.7. The fraction of sp³-hybridized carbons (Fsp3) is 0.500. The van der Waals surface area contributed by atoms with Gasteiger partial charge in [0.15, 0.2) is 5.82 Å². The van der Waals surface area contributed by atoms with E-state index in [1.54, 1.807) is 50.2 Å². The van der Waals surface area contributed by atoms with Crippen molar-refractivity contribution in [1.29, 1.82) is 0 Å². The number of aromatic nitrogens is 7. The zero-order chi connectivity index (χ0) is 71.2. The Labute approximate surface area is 580 Å². The Hall–Kier alpha value is -8.58. The molecule has 1 aliphatic rings. The number of piperidine rings is 1. The molecule has 1 fully saturated rings. The molecule has 1 saturated heterocycles. The van der Waals surface area contributed by atoms with E-state index < -0.39 is 45.3 Å². The Bertz CT molecular complexity index is 3980. The van der Waals surface area contributed by atoms with Gasteiger partial charge < -0.3 is 69.2 Å². The van der Waals surface area contributed by atoms with Crippen molar-refractivity contribution in [3.63, 3.8) is 0 Å². The monoisotopic (exact) mass is 1430 g/mol. The molecule has 6 N–H and O–H groups in total. The van der Waals surface area contributed by atoms with Crippen molar-refractivity contribution in [2.75, 3.05) is 162 Å². The third-order valence-corrected chi connectivity index (χ3v) is 18.2. The van der Waals surface area contributed by atoms with Crippen molar-refractivity contribution < 1.29 is 88.6 Å². The number of sulfonamides is 1. The minimum atomic E-state index is -3.76. The summed E-state index contributed by atoms with van der Waals surface area (Å²) in [5.41, 5.74) is 8.62. The number of nitrogens with one attached hydrogen (secondary N) is 4. The smallest absolute Gasteiger partial charge is 0.325 e. The van der Waals surface area contributed by atoms with Gasteiger partial charge in [-0.3, -0.25) is 38.2 Å². The fourth-order valence-corrected chi connectivity index (χ4v) is 12.9. The van der Waals surface area contributed by atoms with Crippen LogP contribution < -0.4 is 26.4 Å². The summed E-state index contributed by atoms with van der Waals surface area (Å²) in [5, 5.41) is 17.9. The number of likely N-dealkylation sites (tertiary alicyclic amines) is 1. The molecule has 1 aliphatic heterocycles. The maximum atomic E-state index is 16.0. The lowest BCUT2D eigenvalue weighted by atomic mass is 9.97. The van der Waals surface area contributed by atoms with E-state index in [2.05, 4.69) is 45.6 Å². The van der Waals surface area contributed by atoms with Crippen LogP contribution in [0.4, 0.5) is 20.4 Å². The third kappa shape index (κ3) is 23.5. The van der Waals surface area contributed by atoms with Gasteiger partial charge in [-0.15, -0.1) is 11.3 Å². The number of esters is 1. The number of carbonyl (C=O) groups excluding carboxylic acids is 6. The Morgan fingerprint density at radius 3 is 1.91 bits per heavy atom. The zero-order valence-electron chi connectivity index (χ0n) is 56.1. The molecule has 5 heterocycles. The molecule has 100 heavy (non-hydrogen) atoms. The van der Waals surface area contributed by atoms with Crippen molar-refractivity contribution in [1.82, 2.24) is 55.4 Å². The number of nitrogens with zero attached hydrogens (tertiary/aromatic N) is 8. The lowest BCUT2D eigenvalue weighted by Gasteiger charge is -2.31. The number of amides is 4. The van der Waals surface area contributed by atoms with Crippen LogP contribution in [0.1, 0.15) is 66.9 Å². The maximum Gasteiger partial charge on any atom is 0.325 e. The predicted molar refractivity (Wildman–Crippen MR) is 364 cm³/mol. The first kappa shape index (κ1) is 77.2. The molecule has 0 radical (unpaired) electrons. The van der Waals surface area contributed by atoms with Crippen LogP contribution in [0, 0.1) is 18.6 Å². The van der Waals surface area contributed by atoms with Crippen LogP contribution in [-0.4, -0.2) is 235 Å². The number of thiazole rings is 1. The minimum absolute atomic E-state index is 0.00894. The number of nitrogen functional groups attached to an aromatic ring is 1. The van der Waals surface area contributed by atoms with Crippen molar-refractivity contribution >= 4 is 90.3 Å². The number of benzene rings is 3. The number of ether oxygens (including phenoxy) is 9. The van der Waals surface area contributed by atoms with Crippen LogP contribution in [0.2, 0.25) is 0 Å². The molecule has 0 unspecified atom stereocenters. The Morgan fingerprint density at radius 1 is 0.670 bits per heavy atom. The van der Waals surface area contributed by atoms with E-state index in [4.69, 9.17) is 48.6 Å². The van der Waals surface area contributed by atoms with Gasteiger partial charge in [-0.05, 0) is 68.1 Å². The summed E-state index contributed by atoms with van der Waals surface area (Å²) < 4.78 is 111. The van der Waals surface area contributed by atoms with Crippen LogP contribution >= 0.6 is 11.3 Å². The van der Waals surface area contributed by atoms with Gasteiger partial charge in [-0.25, -0.2) is 36.8 Å². The van der Waals surface area contributed by atoms with E-state index in [9.17, 15) is 37.2 Å². The second-order valence-corrected chi connectivity index (χ2v) is 25.6. The van der Waals surface area contributed by atoms with Crippen LogP contribution in [0.15, 0.2) is 67.0 Å². The van der Waals surface area contributed by atoms with Crippen molar-refractivity contribution in [3.8, 4) is 33.0 Å². The number of hydrogen-bond donors (Lipinski definition) is 5. The third-order valence-electron chi connectivity index (χ3n) is 15.5. The van der Waals surface area contributed by atoms with Gasteiger partial charge in [0, 0.05) is 66.5 Å². The average Bonchev–Trinajstić information content (AvgIpc) is 1.59. The van der Waals surface area contributed by atoms with E-state index in [1.807, 2.05) is 4.90 Å². The lowest BCUT2D eigenvalue weighted by Crippen LogP contribution is -2.40. The Balaban J connectivity index is 0.581. The summed E-state index contributed by atoms with van der Waals surface area (Å²) in [4.78, 5) is 90.8. The van der Waals surface area contributed by atoms with E-state index >= 15 is 8.78 Å². The molecule has 0 saturated carbocycles. The molecule has 4 amide bonds. The highest BCUT2D eigenvalue weighted by molar-refractivity contribution is 7.92. The standard InChI is InChI=1S/C66H85F2N13O17S2/c1-4-37-100(88,89)78-51-9-5-8-48(62(51)68)63-64(52-13-17-71-66(69)75-52)99-65(76-63)45-14-19-79(20-15-45)58(85)16-21-91-23-25-93-27-29-95-31-33-97-35-36-98-34-32-96-30-28-94-26-24-92-22-18-70-55(82)11-12-59(86)81-54-39-49(50(67)38-46(54)40-74-81)47-7-6-10-53-61(47)44(2)77-80(53)43-57(84)72-41-56(83)73-42-60(87)90-3/h5-10,13,17,38-40,45,78H,4,11-12,14-16,18-37,41-43H2,1-3H3,(H,70,82)(H,72,84)(H,73,83)(H2,69,71,75). The SMILES string of the molecule is CCCS(=O)(=O)Nc1cccc(-c2nc(C3CCN(C(=O)CCOCCOCCOCCOCCOCCOCCOCCOCCNC(=O)CCC(=O)n4ncc5cc(F)c(-c6cccc7c6c(C)nn7CC(=O)NCC(=O)NCC(=O)OC)cc54)CC3)sc2-c2ccnc(N)n2)c1F. The molecule has 30 nitrogen and oxygen atoms in total. The molecular formula is C66H85F2N13O17S2. The zero-order valence-corrected chi connectivity index (χ0v) is 57.7. The van der Waals surface area contributed by atoms with Crippen molar-refractivity contribution in [2.24, 2.45) is 0 Å². The highest BCUT2D eigenvalue weighted by Crippen LogP contribution is 2.43. The molecule has 542 valence electrons. The topological polar surface area (TPSA) is 371 Å². The van der Waals surface area contributed by atoms with Gasteiger partial charge in [0.25, 0.3) is 0 Å². The molecule has 34 heteroatoms. The molecule has 0 spiro atoms. The Kier molecular flexibility index (Phi) is 30.9. The van der Waals surface area contributed by atoms with Gasteiger partial charge in [-0.2, -0.15) is 10.2 Å². The van der Waals surface area contributed by atoms with Crippen molar-refractivity contribution in [3.05, 3.63) is 89.3 Å². The number of hydrogen-bond acceptors (Lipinski definition) is 24. The van der Waals surface area contributed by atoms with E-state index in [0.29, 0.717) is 174 Å². The summed E-state index contributed by atoms with van der Waals surface area (Å²) in [6.45, 7) is 9.31. The summed E-state index contributed by atoms with van der Waals surface area (Å²) in [5.74, 6) is -4.05. The number of halogens is 2. The summed E-state index contributed by atoms with van der Waals surface area (Å²) in [6, 6.07) is 14.1. The molecule has 0 atom stereocenters. The van der Waals surface area contributed by atoms with E-state index in [0.717, 1.165) is 9.69 Å². The average molecular weight is 1430 g/mol. The first-order valence-electron chi connectivity index (χ1n) is 32.8. The summed E-state index contributed by atoms with van der Waals surface area (Å²) in [7, 11) is -2.57. The number of methoxy groups -OCH3 is 1. The molecule has 8 rings (SSSR count). The van der Waals surface area contributed by atoms with Crippen LogP contribution in [0.3, 0.4) is 0 Å². The molecule has 4 aromatic heterocycles. The molecule has 3 aromatic carbocycles. The molecule has 0 bridgehead atoms.